The maximum Gasteiger partial charge on any atom is 0.258 e. The maximum absolute atomic E-state index is 9.54. The van der Waals surface area contributed by atoms with Gasteiger partial charge in [0.1, 0.15) is 5.69 Å². The predicted octanol–water partition coefficient (Wildman–Crippen LogP) is 2.57. The Bertz CT molecular complexity index is 694. The molecule has 0 unspecified atom stereocenters. The summed E-state index contributed by atoms with van der Waals surface area (Å²) in [5.41, 5.74) is 3.05. The van der Waals surface area contributed by atoms with Crippen LogP contribution in [0.2, 0.25) is 0 Å². The van der Waals surface area contributed by atoms with Gasteiger partial charge in [-0.15, -0.1) is 11.3 Å². The van der Waals surface area contributed by atoms with Crippen LogP contribution in [0, 0.1) is 0 Å². The van der Waals surface area contributed by atoms with E-state index in [0.29, 0.717) is 28.7 Å². The molecule has 0 amide bonds. The molecule has 0 spiro atoms. The highest BCUT2D eigenvalue weighted by atomic mass is 32.1. The topological polar surface area (TPSA) is 81.3 Å². The monoisotopic (exact) mass is 275 g/mol. The molecule has 0 aliphatic rings. The number of ether oxygens (including phenoxy) is 1. The van der Waals surface area contributed by atoms with Crippen molar-refractivity contribution in [2.75, 3.05) is 7.11 Å². The summed E-state index contributed by atoms with van der Waals surface area (Å²) in [6, 6.07) is 4.82. The molecule has 3 aromatic rings. The third-order valence-corrected chi connectivity index (χ3v) is 3.10. The van der Waals surface area contributed by atoms with Gasteiger partial charge in [0.25, 0.3) is 5.89 Å². The molecule has 0 aliphatic carbocycles. The molecule has 0 bridgehead atoms. The number of phenolic OH excluding ortho intramolecular Hbond substituents is 1. The molecule has 3 rings (SSSR count). The van der Waals surface area contributed by atoms with Crippen LogP contribution in [0.4, 0.5) is 0 Å². The van der Waals surface area contributed by atoms with Gasteiger partial charge in [-0.3, -0.25) is 0 Å². The Kier molecular flexibility index (Phi) is 2.88. The van der Waals surface area contributed by atoms with Crippen LogP contribution in [0.5, 0.6) is 11.5 Å². The molecule has 96 valence electrons. The molecule has 7 heteroatoms. The van der Waals surface area contributed by atoms with E-state index in [-0.39, 0.29) is 5.75 Å². The van der Waals surface area contributed by atoms with Crippen LogP contribution in [-0.2, 0) is 0 Å². The minimum absolute atomic E-state index is 0.0606. The number of rotatable bonds is 3. The summed E-state index contributed by atoms with van der Waals surface area (Å²) in [6.45, 7) is 0. The minimum Gasteiger partial charge on any atom is -0.504 e. The first-order valence-corrected chi connectivity index (χ1v) is 6.32. The lowest BCUT2D eigenvalue weighted by molar-refractivity contribution is 0.373. The number of aromatic hydroxyl groups is 1. The number of benzene rings is 1. The lowest BCUT2D eigenvalue weighted by Gasteiger charge is -2.03. The molecule has 6 nitrogen and oxygen atoms in total. The standard InChI is InChI=1S/C12H9N3O3S/c1-17-10-4-7(2-3-9(10)16)12-14-11(15-18-12)8-5-19-6-13-8/h2-6,16H,1H3. The molecule has 0 aliphatic heterocycles. The highest BCUT2D eigenvalue weighted by Crippen LogP contribution is 2.31. The van der Waals surface area contributed by atoms with Crippen molar-refractivity contribution in [1.82, 2.24) is 15.1 Å². The van der Waals surface area contributed by atoms with E-state index in [4.69, 9.17) is 9.26 Å². The summed E-state index contributed by atoms with van der Waals surface area (Å²) in [4.78, 5) is 8.37. The number of nitrogens with zero attached hydrogens (tertiary/aromatic N) is 3. The van der Waals surface area contributed by atoms with E-state index in [2.05, 4.69) is 15.1 Å². The molecule has 0 fully saturated rings. The fourth-order valence-electron chi connectivity index (χ4n) is 1.58. The van der Waals surface area contributed by atoms with Gasteiger partial charge >= 0.3 is 0 Å². The van der Waals surface area contributed by atoms with Crippen LogP contribution >= 0.6 is 11.3 Å². The summed E-state index contributed by atoms with van der Waals surface area (Å²) >= 11 is 1.46. The molecule has 1 aromatic carbocycles. The largest absolute Gasteiger partial charge is 0.504 e. The Balaban J connectivity index is 1.99. The molecule has 1 N–H and O–H groups in total. The molecule has 0 radical (unpaired) electrons. The number of hydrogen-bond donors (Lipinski definition) is 1. The van der Waals surface area contributed by atoms with Gasteiger partial charge in [-0.2, -0.15) is 4.98 Å². The molecule has 2 aromatic heterocycles. The smallest absolute Gasteiger partial charge is 0.258 e. The highest BCUT2D eigenvalue weighted by molar-refractivity contribution is 7.07. The van der Waals surface area contributed by atoms with Crippen molar-refractivity contribution in [1.29, 1.82) is 0 Å². The van der Waals surface area contributed by atoms with E-state index in [1.807, 2.05) is 5.38 Å². The van der Waals surface area contributed by atoms with Gasteiger partial charge in [-0.25, -0.2) is 4.98 Å². The number of aromatic nitrogens is 3. The van der Waals surface area contributed by atoms with Crippen molar-refractivity contribution in [3.05, 3.63) is 29.1 Å². The number of hydrogen-bond acceptors (Lipinski definition) is 7. The molecule has 0 saturated heterocycles. The quantitative estimate of drug-likeness (QED) is 0.791. The van der Waals surface area contributed by atoms with E-state index in [0.717, 1.165) is 0 Å². The molecule has 0 saturated carbocycles. The third kappa shape index (κ3) is 2.15. The summed E-state index contributed by atoms with van der Waals surface area (Å²) in [5, 5.41) is 15.2. The predicted molar refractivity (Wildman–Crippen MR) is 69.1 cm³/mol. The van der Waals surface area contributed by atoms with Crippen LogP contribution < -0.4 is 4.74 Å². The van der Waals surface area contributed by atoms with Gasteiger partial charge < -0.3 is 14.4 Å². The zero-order valence-corrected chi connectivity index (χ0v) is 10.7. The minimum atomic E-state index is 0.0606. The van der Waals surface area contributed by atoms with Crippen LogP contribution in [0.25, 0.3) is 23.0 Å². The fourth-order valence-corrected chi connectivity index (χ4v) is 2.11. The first kappa shape index (κ1) is 11.7. The maximum atomic E-state index is 9.54. The Morgan fingerprint density at radius 1 is 1.37 bits per heavy atom. The van der Waals surface area contributed by atoms with Gasteiger partial charge in [-0.1, -0.05) is 5.16 Å². The van der Waals surface area contributed by atoms with Crippen LogP contribution in [0.3, 0.4) is 0 Å². The molecule has 2 heterocycles. The average Bonchev–Trinajstić information content (AvgIpc) is 3.10. The van der Waals surface area contributed by atoms with Crippen LogP contribution in [0.15, 0.2) is 33.6 Å². The third-order valence-electron chi connectivity index (χ3n) is 2.51. The van der Waals surface area contributed by atoms with Gasteiger partial charge in [0.05, 0.1) is 12.6 Å². The Hall–Kier alpha value is -2.41. The second-order valence-corrected chi connectivity index (χ2v) is 4.40. The van der Waals surface area contributed by atoms with Crippen molar-refractivity contribution >= 4 is 11.3 Å². The number of methoxy groups -OCH3 is 1. The lowest BCUT2D eigenvalue weighted by atomic mass is 10.2. The zero-order chi connectivity index (χ0) is 13.2. The molecular formula is C12H9N3O3S. The Labute approximate surface area is 112 Å². The fraction of sp³-hybridized carbons (Fsp3) is 0.0833. The average molecular weight is 275 g/mol. The zero-order valence-electron chi connectivity index (χ0n) is 9.90. The number of thiazole rings is 1. The van der Waals surface area contributed by atoms with Crippen molar-refractivity contribution in [3.8, 4) is 34.5 Å². The van der Waals surface area contributed by atoms with E-state index >= 15 is 0 Å². The van der Waals surface area contributed by atoms with Crippen LogP contribution in [0.1, 0.15) is 0 Å². The summed E-state index contributed by atoms with van der Waals surface area (Å²) < 4.78 is 10.2. The van der Waals surface area contributed by atoms with Gasteiger partial charge in [0, 0.05) is 10.9 Å². The Morgan fingerprint density at radius 3 is 3.00 bits per heavy atom. The molecule has 0 atom stereocenters. The van der Waals surface area contributed by atoms with Crippen molar-refractivity contribution < 1.29 is 14.4 Å². The summed E-state index contributed by atoms with van der Waals surface area (Å²) in [7, 11) is 1.48. The Morgan fingerprint density at radius 2 is 2.26 bits per heavy atom. The van der Waals surface area contributed by atoms with E-state index in [9.17, 15) is 5.11 Å². The van der Waals surface area contributed by atoms with Gasteiger partial charge in [0.2, 0.25) is 5.82 Å². The molecular weight excluding hydrogens is 266 g/mol. The summed E-state index contributed by atoms with van der Waals surface area (Å²) in [6.07, 6.45) is 0. The normalized spacial score (nSPS) is 10.6. The van der Waals surface area contributed by atoms with Crippen molar-refractivity contribution in [2.24, 2.45) is 0 Å². The van der Waals surface area contributed by atoms with E-state index in [1.165, 1.54) is 24.5 Å². The summed E-state index contributed by atoms with van der Waals surface area (Å²) in [5.74, 6) is 1.20. The van der Waals surface area contributed by atoms with Crippen molar-refractivity contribution in [2.45, 2.75) is 0 Å². The first-order chi connectivity index (χ1) is 9.28. The second kappa shape index (κ2) is 4.69. The van der Waals surface area contributed by atoms with Gasteiger partial charge in [-0.05, 0) is 18.2 Å². The van der Waals surface area contributed by atoms with Gasteiger partial charge in [0.15, 0.2) is 11.5 Å². The lowest BCUT2D eigenvalue weighted by Crippen LogP contribution is -1.85. The SMILES string of the molecule is COc1cc(-c2nc(-c3cscn3)no2)ccc1O. The van der Waals surface area contributed by atoms with E-state index < -0.39 is 0 Å². The van der Waals surface area contributed by atoms with Crippen LogP contribution in [-0.4, -0.2) is 27.3 Å². The van der Waals surface area contributed by atoms with Crippen molar-refractivity contribution in [3.63, 3.8) is 0 Å². The molecule has 19 heavy (non-hydrogen) atoms. The number of phenols is 1. The van der Waals surface area contributed by atoms with E-state index in [1.54, 1.807) is 17.6 Å². The first-order valence-electron chi connectivity index (χ1n) is 5.37. The second-order valence-electron chi connectivity index (χ2n) is 3.68. The highest BCUT2D eigenvalue weighted by Gasteiger charge is 2.13.